The average Bonchev–Trinajstić information content (AvgIpc) is 2.09. The highest BCUT2D eigenvalue weighted by Gasteiger charge is 2.44. The largest absolute Gasteiger partial charge is 0.478 e. The van der Waals surface area contributed by atoms with Crippen LogP contribution in [0.5, 0.6) is 0 Å². The third kappa shape index (κ3) is 1.19. The summed E-state index contributed by atoms with van der Waals surface area (Å²) in [5, 5.41) is 8.81. The normalized spacial score (nSPS) is 44.1. The lowest BCUT2D eigenvalue weighted by atomic mass is 9.65. The van der Waals surface area contributed by atoms with Crippen molar-refractivity contribution in [3.63, 3.8) is 0 Å². The number of hydrogen-bond acceptors (Lipinski definition) is 2. The molecule has 1 N–H and O–H groups in total. The summed E-state index contributed by atoms with van der Waals surface area (Å²) in [5.74, 6) is 1.19. The van der Waals surface area contributed by atoms with Crippen molar-refractivity contribution in [3.05, 3.63) is 11.6 Å². The Labute approximate surface area is 83.4 Å². The number of carboxylic acid groups (broad SMARTS) is 1. The smallest absolute Gasteiger partial charge is 0.328 e. The van der Waals surface area contributed by atoms with Gasteiger partial charge in [-0.2, -0.15) is 0 Å². The molecule has 3 nitrogen and oxygen atoms in total. The van der Waals surface area contributed by atoms with E-state index in [0.717, 1.165) is 19.0 Å². The molecule has 3 saturated heterocycles. The van der Waals surface area contributed by atoms with Crippen LogP contribution in [0, 0.1) is 17.8 Å². The van der Waals surface area contributed by atoms with Crippen LogP contribution in [0.25, 0.3) is 0 Å². The minimum Gasteiger partial charge on any atom is -0.478 e. The fraction of sp³-hybridized carbons (Fsp3) is 0.727. The van der Waals surface area contributed by atoms with Crippen molar-refractivity contribution in [2.24, 2.45) is 17.8 Å². The van der Waals surface area contributed by atoms with Crippen LogP contribution in [0.2, 0.25) is 0 Å². The highest BCUT2D eigenvalue weighted by molar-refractivity contribution is 5.81. The van der Waals surface area contributed by atoms with Gasteiger partial charge in [0.15, 0.2) is 0 Å². The molecule has 0 aromatic heterocycles. The van der Waals surface area contributed by atoms with Gasteiger partial charge in [-0.3, -0.25) is 0 Å². The van der Waals surface area contributed by atoms with Crippen LogP contribution in [-0.2, 0) is 4.79 Å². The topological polar surface area (TPSA) is 40.5 Å². The van der Waals surface area contributed by atoms with Crippen molar-refractivity contribution in [3.8, 4) is 0 Å². The van der Waals surface area contributed by atoms with Crippen LogP contribution in [0.4, 0.5) is 0 Å². The van der Waals surface area contributed by atoms with Gasteiger partial charge in [0.2, 0.25) is 0 Å². The standard InChI is InChI=1S/C11H15NO2/c13-11(14)3-10-8-1-7-2-9(10)6-12(4-7)5-8/h3,7-9H,1-2,4-6H2,(H,13,14). The van der Waals surface area contributed by atoms with Gasteiger partial charge >= 0.3 is 5.97 Å². The molecule has 3 aliphatic heterocycles. The van der Waals surface area contributed by atoms with Gasteiger partial charge < -0.3 is 10.0 Å². The summed E-state index contributed by atoms with van der Waals surface area (Å²) in [6, 6.07) is 0. The predicted octanol–water partition coefficient (Wildman–Crippen LogP) is 0.969. The Morgan fingerprint density at radius 1 is 1.29 bits per heavy atom. The van der Waals surface area contributed by atoms with Crippen LogP contribution in [0.15, 0.2) is 11.6 Å². The van der Waals surface area contributed by atoms with E-state index in [1.165, 1.54) is 31.0 Å². The average molecular weight is 193 g/mol. The zero-order valence-corrected chi connectivity index (χ0v) is 8.15. The SMILES string of the molecule is O=C(O)C=C1C2CC3CC1CN(C3)C2. The Bertz CT molecular complexity index is 278. The first-order valence-electron chi connectivity index (χ1n) is 5.39. The first kappa shape index (κ1) is 8.48. The zero-order chi connectivity index (χ0) is 9.71. The van der Waals surface area contributed by atoms with Crippen LogP contribution in [0.3, 0.4) is 0 Å². The molecule has 2 atom stereocenters. The molecule has 4 aliphatic rings. The summed E-state index contributed by atoms with van der Waals surface area (Å²) < 4.78 is 0. The van der Waals surface area contributed by atoms with Crippen molar-refractivity contribution < 1.29 is 9.90 Å². The van der Waals surface area contributed by atoms with Gasteiger partial charge in [-0.15, -0.1) is 0 Å². The molecule has 0 aromatic rings. The monoisotopic (exact) mass is 193 g/mol. The summed E-state index contributed by atoms with van der Waals surface area (Å²) in [4.78, 5) is 13.2. The van der Waals surface area contributed by atoms with E-state index >= 15 is 0 Å². The van der Waals surface area contributed by atoms with Crippen molar-refractivity contribution >= 4 is 5.97 Å². The number of hydrogen-bond donors (Lipinski definition) is 1. The number of piperidine rings is 3. The molecule has 0 spiro atoms. The van der Waals surface area contributed by atoms with Crippen molar-refractivity contribution in [1.82, 2.24) is 4.90 Å². The molecule has 4 bridgehead atoms. The second-order valence-corrected chi connectivity index (χ2v) is 4.93. The van der Waals surface area contributed by atoms with E-state index < -0.39 is 5.97 Å². The van der Waals surface area contributed by atoms with Crippen LogP contribution in [-0.4, -0.2) is 35.6 Å². The third-order valence-electron chi connectivity index (χ3n) is 3.94. The maximum atomic E-state index is 10.7. The van der Waals surface area contributed by atoms with E-state index in [1.807, 2.05) is 0 Å². The van der Waals surface area contributed by atoms with Gasteiger partial charge in [-0.05, 0) is 30.6 Å². The van der Waals surface area contributed by atoms with Gasteiger partial charge in [0.1, 0.15) is 0 Å². The Morgan fingerprint density at radius 3 is 2.43 bits per heavy atom. The van der Waals surface area contributed by atoms with E-state index in [-0.39, 0.29) is 0 Å². The van der Waals surface area contributed by atoms with Crippen molar-refractivity contribution in [1.29, 1.82) is 0 Å². The van der Waals surface area contributed by atoms with Gasteiger partial charge in [0, 0.05) is 25.7 Å². The molecule has 76 valence electrons. The fourth-order valence-corrected chi connectivity index (χ4v) is 3.61. The molecular weight excluding hydrogens is 178 g/mol. The number of carbonyl (C=O) groups is 1. The summed E-state index contributed by atoms with van der Waals surface area (Å²) in [6.07, 6.45) is 3.94. The van der Waals surface area contributed by atoms with Gasteiger partial charge in [-0.25, -0.2) is 4.79 Å². The van der Waals surface area contributed by atoms with E-state index in [9.17, 15) is 4.79 Å². The number of aliphatic carboxylic acids is 1. The van der Waals surface area contributed by atoms with Crippen molar-refractivity contribution in [2.45, 2.75) is 12.8 Å². The van der Waals surface area contributed by atoms with Crippen LogP contribution >= 0.6 is 0 Å². The maximum absolute atomic E-state index is 10.7. The fourth-order valence-electron chi connectivity index (χ4n) is 3.61. The third-order valence-corrected chi connectivity index (χ3v) is 3.94. The van der Waals surface area contributed by atoms with E-state index in [2.05, 4.69) is 4.90 Å². The van der Waals surface area contributed by atoms with Gasteiger partial charge in [-0.1, -0.05) is 5.57 Å². The minimum absolute atomic E-state index is 0.553. The molecule has 3 heterocycles. The summed E-state index contributed by atoms with van der Waals surface area (Å²) in [7, 11) is 0. The highest BCUT2D eigenvalue weighted by atomic mass is 16.4. The molecule has 2 unspecified atom stereocenters. The molecule has 3 heteroatoms. The van der Waals surface area contributed by atoms with Gasteiger partial charge in [0.25, 0.3) is 0 Å². The zero-order valence-electron chi connectivity index (χ0n) is 8.15. The lowest BCUT2D eigenvalue weighted by Gasteiger charge is -2.53. The number of carboxylic acids is 1. The molecule has 1 saturated carbocycles. The molecule has 0 aromatic carbocycles. The molecule has 0 amide bonds. The summed E-state index contributed by atoms with van der Waals surface area (Å²) in [6.45, 7) is 3.46. The summed E-state index contributed by atoms with van der Waals surface area (Å²) >= 11 is 0. The molecular formula is C11H15NO2. The Kier molecular flexibility index (Phi) is 1.71. The first-order chi connectivity index (χ1) is 6.72. The lowest BCUT2D eigenvalue weighted by Crippen LogP contribution is -2.54. The van der Waals surface area contributed by atoms with E-state index in [4.69, 9.17) is 5.11 Å². The number of rotatable bonds is 1. The molecule has 4 rings (SSSR count). The van der Waals surface area contributed by atoms with Crippen molar-refractivity contribution in [2.75, 3.05) is 19.6 Å². The second kappa shape index (κ2) is 2.83. The van der Waals surface area contributed by atoms with E-state index in [1.54, 1.807) is 0 Å². The Morgan fingerprint density at radius 2 is 1.93 bits per heavy atom. The summed E-state index contributed by atoms with van der Waals surface area (Å²) in [5.41, 5.74) is 1.23. The Balaban J connectivity index is 1.91. The molecule has 0 radical (unpaired) electrons. The predicted molar refractivity (Wildman–Crippen MR) is 51.9 cm³/mol. The molecule has 14 heavy (non-hydrogen) atoms. The Hall–Kier alpha value is -0.830. The van der Waals surface area contributed by atoms with E-state index in [0.29, 0.717) is 11.8 Å². The quantitative estimate of drug-likeness (QED) is 0.631. The second-order valence-electron chi connectivity index (χ2n) is 4.93. The van der Waals surface area contributed by atoms with Gasteiger partial charge in [0.05, 0.1) is 0 Å². The highest BCUT2D eigenvalue weighted by Crippen LogP contribution is 2.46. The maximum Gasteiger partial charge on any atom is 0.328 e. The minimum atomic E-state index is -0.762. The lowest BCUT2D eigenvalue weighted by molar-refractivity contribution is -0.131. The first-order valence-corrected chi connectivity index (χ1v) is 5.39. The van der Waals surface area contributed by atoms with Crippen LogP contribution in [0.1, 0.15) is 12.8 Å². The molecule has 4 fully saturated rings. The molecule has 1 aliphatic carbocycles. The van der Waals surface area contributed by atoms with Crippen LogP contribution < -0.4 is 0 Å². The number of nitrogens with zero attached hydrogens (tertiary/aromatic N) is 1.